The maximum atomic E-state index is 11.9. The third-order valence-corrected chi connectivity index (χ3v) is 2.07. The molecule has 0 bridgehead atoms. The van der Waals surface area contributed by atoms with Crippen molar-refractivity contribution in [1.82, 2.24) is 5.32 Å². The van der Waals surface area contributed by atoms with E-state index in [0.717, 1.165) is 12.2 Å². The number of hydrogen-bond acceptors (Lipinski definition) is 2. The van der Waals surface area contributed by atoms with E-state index in [1.165, 1.54) is 6.92 Å². The Hall–Kier alpha value is 0.170. The van der Waals surface area contributed by atoms with Crippen molar-refractivity contribution in [3.63, 3.8) is 0 Å². The van der Waals surface area contributed by atoms with E-state index in [1.807, 2.05) is 6.26 Å². The van der Waals surface area contributed by atoms with Gasteiger partial charge in [-0.05, 0) is 31.9 Å². The number of nitrogens with one attached hydrogen (secondary N) is 1. The van der Waals surface area contributed by atoms with Gasteiger partial charge in [-0.2, -0.15) is 11.8 Å². The fourth-order valence-corrected chi connectivity index (χ4v) is 1.07. The highest BCUT2D eigenvalue weighted by molar-refractivity contribution is 7.98. The Labute approximate surface area is 70.9 Å². The molecule has 1 unspecified atom stereocenters. The van der Waals surface area contributed by atoms with Gasteiger partial charge < -0.3 is 5.32 Å². The van der Waals surface area contributed by atoms with Crippen molar-refractivity contribution in [2.75, 3.05) is 18.6 Å². The zero-order chi connectivity index (χ0) is 8.69. The van der Waals surface area contributed by atoms with E-state index < -0.39 is 12.5 Å². The molecule has 0 fully saturated rings. The quantitative estimate of drug-likeness (QED) is 0.632. The molecule has 0 aliphatic carbocycles. The average Bonchev–Trinajstić information content (AvgIpc) is 1.97. The second kappa shape index (κ2) is 6.85. The Balaban J connectivity index is 3.10. The number of halogens is 2. The first-order chi connectivity index (χ1) is 5.18. The van der Waals surface area contributed by atoms with E-state index >= 15 is 0 Å². The monoisotopic (exact) mass is 183 g/mol. The van der Waals surface area contributed by atoms with Gasteiger partial charge in [0.25, 0.3) is 6.43 Å². The topological polar surface area (TPSA) is 12.0 Å². The zero-order valence-corrected chi connectivity index (χ0v) is 7.76. The molecule has 0 aromatic rings. The summed E-state index contributed by atoms with van der Waals surface area (Å²) in [5.41, 5.74) is 0. The zero-order valence-electron chi connectivity index (χ0n) is 6.94. The number of alkyl halides is 2. The van der Waals surface area contributed by atoms with Gasteiger partial charge in [-0.15, -0.1) is 0 Å². The average molecular weight is 183 g/mol. The Morgan fingerprint density at radius 1 is 1.45 bits per heavy atom. The second-order valence-corrected chi connectivity index (χ2v) is 3.41. The van der Waals surface area contributed by atoms with Crippen molar-refractivity contribution in [2.45, 2.75) is 25.8 Å². The van der Waals surface area contributed by atoms with Crippen LogP contribution in [-0.2, 0) is 0 Å². The first kappa shape index (κ1) is 11.2. The fraction of sp³-hybridized carbons (Fsp3) is 1.00. The molecule has 0 rings (SSSR count). The second-order valence-electron chi connectivity index (χ2n) is 2.42. The van der Waals surface area contributed by atoms with Gasteiger partial charge in [-0.3, -0.25) is 0 Å². The molecule has 0 radical (unpaired) electrons. The summed E-state index contributed by atoms with van der Waals surface area (Å²) in [6.07, 6.45) is 0.721. The molecule has 0 saturated heterocycles. The van der Waals surface area contributed by atoms with Crippen LogP contribution in [0.4, 0.5) is 8.78 Å². The van der Waals surface area contributed by atoms with Crippen molar-refractivity contribution in [2.24, 2.45) is 0 Å². The Bertz CT molecular complexity index is 90.5. The number of rotatable bonds is 6. The van der Waals surface area contributed by atoms with E-state index in [-0.39, 0.29) is 0 Å². The highest BCUT2D eigenvalue weighted by Crippen LogP contribution is 2.00. The maximum Gasteiger partial charge on any atom is 0.253 e. The Morgan fingerprint density at radius 3 is 2.55 bits per heavy atom. The lowest BCUT2D eigenvalue weighted by molar-refractivity contribution is 0.106. The van der Waals surface area contributed by atoms with Crippen LogP contribution >= 0.6 is 11.8 Å². The Kier molecular flexibility index (Phi) is 6.96. The highest BCUT2D eigenvalue weighted by Gasteiger charge is 2.12. The van der Waals surface area contributed by atoms with Crippen LogP contribution in [-0.4, -0.2) is 31.0 Å². The smallest absolute Gasteiger partial charge is 0.253 e. The summed E-state index contributed by atoms with van der Waals surface area (Å²) in [6, 6.07) is -0.670. The summed E-state index contributed by atoms with van der Waals surface area (Å²) >= 11 is 1.73. The van der Waals surface area contributed by atoms with E-state index in [1.54, 1.807) is 11.8 Å². The van der Waals surface area contributed by atoms with Gasteiger partial charge in [0.05, 0.1) is 6.04 Å². The summed E-state index contributed by atoms with van der Waals surface area (Å²) in [5, 5.41) is 2.75. The molecule has 1 N–H and O–H groups in total. The largest absolute Gasteiger partial charge is 0.309 e. The molecule has 4 heteroatoms. The lowest BCUT2D eigenvalue weighted by Crippen LogP contribution is -2.33. The van der Waals surface area contributed by atoms with E-state index in [4.69, 9.17) is 0 Å². The third-order valence-electron chi connectivity index (χ3n) is 1.37. The highest BCUT2D eigenvalue weighted by atomic mass is 32.2. The summed E-state index contributed by atoms with van der Waals surface area (Å²) in [4.78, 5) is 0. The van der Waals surface area contributed by atoms with E-state index in [9.17, 15) is 8.78 Å². The van der Waals surface area contributed by atoms with Gasteiger partial charge in [0.1, 0.15) is 0 Å². The molecule has 68 valence electrons. The molecular weight excluding hydrogens is 168 g/mol. The van der Waals surface area contributed by atoms with Crippen molar-refractivity contribution < 1.29 is 8.78 Å². The molecular formula is C7H15F2NS. The molecule has 0 heterocycles. The lowest BCUT2D eigenvalue weighted by atomic mass is 10.3. The van der Waals surface area contributed by atoms with Crippen LogP contribution in [0.1, 0.15) is 13.3 Å². The van der Waals surface area contributed by atoms with Gasteiger partial charge in [-0.25, -0.2) is 8.78 Å². The standard InChI is InChI=1S/C7H15F2NS/c1-6(7(8)9)10-4-3-5-11-2/h6-7,10H,3-5H2,1-2H3. The van der Waals surface area contributed by atoms with Crippen LogP contribution in [0, 0.1) is 0 Å². The Morgan fingerprint density at radius 2 is 2.09 bits per heavy atom. The van der Waals surface area contributed by atoms with E-state index in [0.29, 0.717) is 6.54 Å². The van der Waals surface area contributed by atoms with Crippen LogP contribution in [0.25, 0.3) is 0 Å². The first-order valence-corrected chi connectivity index (χ1v) is 5.08. The molecule has 1 atom stereocenters. The minimum absolute atomic E-state index is 0.670. The summed E-state index contributed by atoms with van der Waals surface area (Å²) < 4.78 is 23.7. The molecule has 0 aromatic heterocycles. The van der Waals surface area contributed by atoms with Crippen molar-refractivity contribution in [3.05, 3.63) is 0 Å². The number of thioether (sulfide) groups is 1. The van der Waals surface area contributed by atoms with Crippen molar-refractivity contribution in [1.29, 1.82) is 0 Å². The third kappa shape index (κ3) is 6.56. The lowest BCUT2D eigenvalue weighted by Gasteiger charge is -2.11. The molecule has 0 spiro atoms. The van der Waals surface area contributed by atoms with Crippen molar-refractivity contribution in [3.8, 4) is 0 Å². The van der Waals surface area contributed by atoms with Gasteiger partial charge in [0, 0.05) is 0 Å². The minimum atomic E-state index is -2.25. The van der Waals surface area contributed by atoms with Crippen molar-refractivity contribution >= 4 is 11.8 Å². The van der Waals surface area contributed by atoms with E-state index in [2.05, 4.69) is 5.32 Å². The van der Waals surface area contributed by atoms with Crippen LogP contribution in [0.3, 0.4) is 0 Å². The SMILES string of the molecule is CSCCCNC(C)C(F)F. The molecule has 0 amide bonds. The first-order valence-electron chi connectivity index (χ1n) is 3.69. The molecule has 0 aromatic carbocycles. The van der Waals surface area contributed by atoms with Crippen LogP contribution in [0.15, 0.2) is 0 Å². The normalized spacial score (nSPS) is 13.9. The maximum absolute atomic E-state index is 11.9. The molecule has 0 aliphatic rings. The molecule has 1 nitrogen and oxygen atoms in total. The fourth-order valence-electron chi connectivity index (χ4n) is 0.635. The van der Waals surface area contributed by atoms with Gasteiger partial charge in [-0.1, -0.05) is 0 Å². The number of hydrogen-bond donors (Lipinski definition) is 1. The van der Waals surface area contributed by atoms with Gasteiger partial charge in [0.15, 0.2) is 0 Å². The summed E-state index contributed by atoms with van der Waals surface area (Å²) in [7, 11) is 0. The predicted octanol–water partition coefficient (Wildman–Crippen LogP) is 1.98. The summed E-state index contributed by atoms with van der Waals surface area (Å²) in [6.45, 7) is 2.19. The van der Waals surface area contributed by atoms with Gasteiger partial charge >= 0.3 is 0 Å². The predicted molar refractivity (Wildman–Crippen MR) is 46.5 cm³/mol. The van der Waals surface area contributed by atoms with Crippen LogP contribution < -0.4 is 5.32 Å². The van der Waals surface area contributed by atoms with Gasteiger partial charge in [0.2, 0.25) is 0 Å². The van der Waals surface area contributed by atoms with Crippen LogP contribution in [0.5, 0.6) is 0 Å². The molecule has 0 aliphatic heterocycles. The minimum Gasteiger partial charge on any atom is -0.309 e. The molecule has 11 heavy (non-hydrogen) atoms. The summed E-state index contributed by atoms with van der Waals surface area (Å²) in [5.74, 6) is 1.03. The molecule has 0 saturated carbocycles. The van der Waals surface area contributed by atoms with Crippen LogP contribution in [0.2, 0.25) is 0 Å².